The number of benzene rings is 2. The molecule has 2 aliphatic heterocycles. The smallest absolute Gasteiger partial charge is 0.257 e. The zero-order valence-electron chi connectivity index (χ0n) is 17.9. The summed E-state index contributed by atoms with van der Waals surface area (Å²) in [6.45, 7) is 4.82. The maximum Gasteiger partial charge on any atom is 0.257 e. The summed E-state index contributed by atoms with van der Waals surface area (Å²) in [6.07, 6.45) is 1.17. The second-order valence-corrected chi connectivity index (χ2v) is 8.23. The minimum Gasteiger partial charge on any atom is -0.485 e. The molecule has 0 spiro atoms. The van der Waals surface area contributed by atoms with E-state index in [9.17, 15) is 18.4 Å². The fourth-order valence-electron chi connectivity index (χ4n) is 4.51. The molecule has 2 atom stereocenters. The molecule has 164 valence electrons. The van der Waals surface area contributed by atoms with Gasteiger partial charge in [-0.2, -0.15) is 0 Å². The van der Waals surface area contributed by atoms with Crippen LogP contribution in [0.3, 0.4) is 0 Å². The highest BCUT2D eigenvalue weighted by atomic mass is 19.1. The largest absolute Gasteiger partial charge is 0.485 e. The molecule has 5 nitrogen and oxygen atoms in total. The molecule has 2 aromatic carbocycles. The van der Waals surface area contributed by atoms with Crippen LogP contribution in [0.1, 0.15) is 37.0 Å². The Hall–Kier alpha value is -2.96. The molecule has 0 aromatic heterocycles. The van der Waals surface area contributed by atoms with Crippen LogP contribution in [0.2, 0.25) is 0 Å². The number of carbonyl (C=O) groups excluding carboxylic acids is 2. The maximum atomic E-state index is 14.3. The van der Waals surface area contributed by atoms with Crippen molar-refractivity contribution in [3.8, 4) is 16.9 Å². The van der Waals surface area contributed by atoms with Crippen molar-refractivity contribution in [1.82, 2.24) is 9.80 Å². The van der Waals surface area contributed by atoms with Gasteiger partial charge in [0.25, 0.3) is 5.91 Å². The van der Waals surface area contributed by atoms with Crippen LogP contribution in [0.15, 0.2) is 36.4 Å². The molecule has 2 amide bonds. The highest BCUT2D eigenvalue weighted by Crippen LogP contribution is 2.35. The number of carbonyl (C=O) groups is 2. The summed E-state index contributed by atoms with van der Waals surface area (Å²) >= 11 is 0. The van der Waals surface area contributed by atoms with E-state index in [0.717, 1.165) is 18.9 Å². The molecule has 0 N–H and O–H groups in total. The predicted molar refractivity (Wildman–Crippen MR) is 113 cm³/mol. The molecule has 1 saturated heterocycles. The number of rotatable bonds is 4. The zero-order chi connectivity index (χ0) is 22.3. The Labute approximate surface area is 180 Å². The average molecular weight is 428 g/mol. The van der Waals surface area contributed by atoms with Gasteiger partial charge in [0.1, 0.15) is 23.5 Å². The van der Waals surface area contributed by atoms with Crippen molar-refractivity contribution < 1.29 is 23.1 Å². The maximum absolute atomic E-state index is 14.3. The van der Waals surface area contributed by atoms with Gasteiger partial charge in [-0.1, -0.05) is 19.9 Å². The SMILES string of the molecule is CCC(CC)C(=O)N1CC2Oc3cc(-c4ccc(F)cc4F)ccc3C(=O)N(C)C2C1. The summed E-state index contributed by atoms with van der Waals surface area (Å²) in [5, 5.41) is 0. The van der Waals surface area contributed by atoms with Crippen LogP contribution in [-0.4, -0.2) is 53.9 Å². The molecule has 0 bridgehead atoms. The Morgan fingerprint density at radius 1 is 1.10 bits per heavy atom. The van der Waals surface area contributed by atoms with Crippen LogP contribution in [0.4, 0.5) is 8.78 Å². The molecule has 2 unspecified atom stereocenters. The van der Waals surface area contributed by atoms with Gasteiger partial charge in [0.2, 0.25) is 5.91 Å². The highest BCUT2D eigenvalue weighted by Gasteiger charge is 2.44. The lowest BCUT2D eigenvalue weighted by Crippen LogP contribution is -2.44. The molecule has 2 heterocycles. The van der Waals surface area contributed by atoms with E-state index in [4.69, 9.17) is 4.74 Å². The predicted octanol–water partition coefficient (Wildman–Crippen LogP) is 4.11. The third-order valence-electron chi connectivity index (χ3n) is 6.43. The number of fused-ring (bicyclic) bond motifs is 2. The van der Waals surface area contributed by atoms with Crippen molar-refractivity contribution in [2.75, 3.05) is 20.1 Å². The van der Waals surface area contributed by atoms with Crippen LogP contribution < -0.4 is 4.74 Å². The van der Waals surface area contributed by atoms with Crippen molar-refractivity contribution >= 4 is 11.8 Å². The minimum absolute atomic E-state index is 0.0383. The first-order valence-electron chi connectivity index (χ1n) is 10.7. The fourth-order valence-corrected chi connectivity index (χ4v) is 4.51. The van der Waals surface area contributed by atoms with Gasteiger partial charge in [-0.15, -0.1) is 0 Å². The van der Waals surface area contributed by atoms with Gasteiger partial charge in [0.15, 0.2) is 0 Å². The second-order valence-electron chi connectivity index (χ2n) is 8.23. The first-order valence-corrected chi connectivity index (χ1v) is 10.7. The van der Waals surface area contributed by atoms with E-state index >= 15 is 0 Å². The first-order chi connectivity index (χ1) is 14.8. The summed E-state index contributed by atoms with van der Waals surface area (Å²) in [6, 6.07) is 7.99. The van der Waals surface area contributed by atoms with Crippen LogP contribution >= 0.6 is 0 Å². The zero-order valence-corrected chi connectivity index (χ0v) is 17.9. The first kappa shape index (κ1) is 21.3. The fraction of sp³-hybridized carbons (Fsp3) is 0.417. The van der Waals surface area contributed by atoms with E-state index in [1.54, 1.807) is 35.0 Å². The van der Waals surface area contributed by atoms with Crippen LogP contribution in [0, 0.1) is 17.6 Å². The molecule has 31 heavy (non-hydrogen) atoms. The summed E-state index contributed by atoms with van der Waals surface area (Å²) in [5.41, 5.74) is 1.11. The number of likely N-dealkylation sites (tertiary alicyclic amines) is 1. The van der Waals surface area contributed by atoms with Gasteiger partial charge in [-0.05, 0) is 42.7 Å². The van der Waals surface area contributed by atoms with Gasteiger partial charge in [-0.3, -0.25) is 9.59 Å². The summed E-state index contributed by atoms with van der Waals surface area (Å²) < 4.78 is 33.8. The lowest BCUT2D eigenvalue weighted by atomic mass is 10.0. The van der Waals surface area contributed by atoms with Gasteiger partial charge in [0.05, 0.1) is 18.2 Å². The van der Waals surface area contributed by atoms with Crippen molar-refractivity contribution in [3.05, 3.63) is 53.6 Å². The third kappa shape index (κ3) is 3.77. The molecule has 0 aliphatic carbocycles. The van der Waals surface area contributed by atoms with E-state index < -0.39 is 11.6 Å². The van der Waals surface area contributed by atoms with Crippen LogP contribution in [0.25, 0.3) is 11.1 Å². The van der Waals surface area contributed by atoms with Crippen molar-refractivity contribution in [3.63, 3.8) is 0 Å². The number of amides is 2. The molecule has 2 aromatic rings. The Bertz CT molecular complexity index is 1020. The second kappa shape index (κ2) is 8.29. The standard InChI is InChI=1S/C24H26F2N2O3/c1-4-14(5-2)23(29)28-12-20-22(13-28)31-21-10-15(6-8-18(21)24(30)27(20)3)17-9-7-16(25)11-19(17)26/h6-11,14,20,22H,4-5,12-13H2,1-3H3. The number of ether oxygens (including phenoxy) is 1. The molecule has 2 aliphatic rings. The molecule has 0 saturated carbocycles. The van der Waals surface area contributed by atoms with Crippen molar-refractivity contribution in [2.45, 2.75) is 38.8 Å². The van der Waals surface area contributed by atoms with E-state index in [-0.39, 0.29) is 35.4 Å². The lowest BCUT2D eigenvalue weighted by Gasteiger charge is -2.25. The minimum atomic E-state index is -0.683. The molecule has 4 rings (SSSR count). The molecule has 7 heteroatoms. The molecule has 0 radical (unpaired) electrons. The monoisotopic (exact) mass is 428 g/mol. The Morgan fingerprint density at radius 3 is 2.48 bits per heavy atom. The quantitative estimate of drug-likeness (QED) is 0.736. The topological polar surface area (TPSA) is 49.9 Å². The van der Waals surface area contributed by atoms with Crippen LogP contribution in [-0.2, 0) is 4.79 Å². The Morgan fingerprint density at radius 2 is 1.81 bits per heavy atom. The van der Waals surface area contributed by atoms with Crippen molar-refractivity contribution in [1.29, 1.82) is 0 Å². The summed E-state index contributed by atoms with van der Waals surface area (Å²) in [7, 11) is 1.72. The summed E-state index contributed by atoms with van der Waals surface area (Å²) in [4.78, 5) is 29.4. The van der Waals surface area contributed by atoms with E-state index in [1.165, 1.54) is 12.1 Å². The number of hydrogen-bond acceptors (Lipinski definition) is 3. The van der Waals surface area contributed by atoms with Gasteiger partial charge < -0.3 is 14.5 Å². The number of halogens is 2. The van der Waals surface area contributed by atoms with E-state index in [1.807, 2.05) is 13.8 Å². The third-order valence-corrected chi connectivity index (χ3v) is 6.43. The Kier molecular flexibility index (Phi) is 5.69. The highest BCUT2D eigenvalue weighted by molar-refractivity contribution is 5.98. The number of hydrogen-bond donors (Lipinski definition) is 0. The van der Waals surface area contributed by atoms with Crippen LogP contribution in [0.5, 0.6) is 5.75 Å². The van der Waals surface area contributed by atoms with Gasteiger partial charge >= 0.3 is 0 Å². The lowest BCUT2D eigenvalue weighted by molar-refractivity contribution is -0.135. The molecular formula is C24H26F2N2O3. The van der Waals surface area contributed by atoms with E-state index in [0.29, 0.717) is 30.0 Å². The van der Waals surface area contributed by atoms with Gasteiger partial charge in [-0.25, -0.2) is 8.78 Å². The van der Waals surface area contributed by atoms with E-state index in [2.05, 4.69) is 0 Å². The Balaban J connectivity index is 1.66. The van der Waals surface area contributed by atoms with Gasteiger partial charge in [0, 0.05) is 31.1 Å². The average Bonchev–Trinajstić information content (AvgIpc) is 3.13. The number of nitrogens with zero attached hydrogens (tertiary/aromatic N) is 2. The summed E-state index contributed by atoms with van der Waals surface area (Å²) in [5.74, 6) is -1.14. The van der Waals surface area contributed by atoms with Crippen molar-refractivity contribution in [2.24, 2.45) is 5.92 Å². The normalized spacial score (nSPS) is 20.4. The molecular weight excluding hydrogens is 402 g/mol. The number of likely N-dealkylation sites (N-methyl/N-ethyl adjacent to an activating group) is 1. The molecule has 1 fully saturated rings.